The van der Waals surface area contributed by atoms with Crippen LogP contribution in [0, 0.1) is 12.8 Å². The second-order valence-corrected chi connectivity index (χ2v) is 8.81. The van der Waals surface area contributed by atoms with Crippen LogP contribution in [0.5, 0.6) is 5.75 Å². The molecule has 0 aliphatic carbocycles. The first-order valence-corrected chi connectivity index (χ1v) is 12.0. The van der Waals surface area contributed by atoms with E-state index in [0.29, 0.717) is 37.1 Å². The molecule has 1 amide bonds. The Bertz CT molecular complexity index is 1020. The van der Waals surface area contributed by atoms with Crippen LogP contribution >= 0.6 is 0 Å². The van der Waals surface area contributed by atoms with Crippen molar-refractivity contribution < 1.29 is 13.9 Å². The molecule has 1 aliphatic heterocycles. The average molecular weight is 448 g/mol. The molecule has 3 aromatic rings. The maximum atomic E-state index is 12.7. The summed E-state index contributed by atoms with van der Waals surface area (Å²) in [7, 11) is 0. The Morgan fingerprint density at radius 1 is 1.03 bits per heavy atom. The fourth-order valence-electron chi connectivity index (χ4n) is 4.30. The third-order valence-electron chi connectivity index (χ3n) is 6.36. The van der Waals surface area contributed by atoms with Crippen molar-refractivity contribution in [3.8, 4) is 17.2 Å². The fourth-order valence-corrected chi connectivity index (χ4v) is 4.30. The van der Waals surface area contributed by atoms with E-state index in [4.69, 9.17) is 9.15 Å². The molecule has 1 fully saturated rings. The van der Waals surface area contributed by atoms with Gasteiger partial charge in [-0.15, -0.1) is 10.2 Å². The minimum Gasteiger partial charge on any atom is -0.494 e. The highest BCUT2D eigenvalue weighted by Gasteiger charge is 2.23. The quantitative estimate of drug-likeness (QED) is 0.448. The van der Waals surface area contributed by atoms with Gasteiger partial charge in [-0.2, -0.15) is 0 Å². The van der Waals surface area contributed by atoms with Gasteiger partial charge < -0.3 is 14.1 Å². The molecule has 1 saturated heterocycles. The number of hydrogen-bond acceptors (Lipinski definition) is 5. The summed E-state index contributed by atoms with van der Waals surface area (Å²) in [5, 5.41) is 8.25. The summed E-state index contributed by atoms with van der Waals surface area (Å²) in [5.41, 5.74) is 3.43. The minimum absolute atomic E-state index is 0.176. The Kier molecular flexibility index (Phi) is 7.76. The minimum atomic E-state index is 0.176. The number of hydrogen-bond donors (Lipinski definition) is 0. The van der Waals surface area contributed by atoms with Crippen molar-refractivity contribution in [2.45, 2.75) is 52.4 Å². The van der Waals surface area contributed by atoms with Crippen LogP contribution in [0.25, 0.3) is 11.5 Å². The Morgan fingerprint density at radius 3 is 2.45 bits per heavy atom. The van der Waals surface area contributed by atoms with Crippen molar-refractivity contribution in [1.82, 2.24) is 15.1 Å². The molecule has 0 spiro atoms. The lowest BCUT2D eigenvalue weighted by atomic mass is 9.90. The van der Waals surface area contributed by atoms with Crippen molar-refractivity contribution in [2.75, 3.05) is 19.7 Å². The van der Waals surface area contributed by atoms with Gasteiger partial charge in [0.05, 0.1) is 6.61 Å². The molecule has 1 aliphatic rings. The van der Waals surface area contributed by atoms with Gasteiger partial charge in [-0.3, -0.25) is 4.79 Å². The Morgan fingerprint density at radius 2 is 1.76 bits per heavy atom. The molecule has 0 N–H and O–H groups in total. The zero-order chi connectivity index (χ0) is 23.0. The third kappa shape index (κ3) is 6.44. The number of piperidine rings is 1. The topological polar surface area (TPSA) is 68.5 Å². The second kappa shape index (κ2) is 11.1. The van der Waals surface area contributed by atoms with Crippen LogP contribution < -0.4 is 4.74 Å². The molecular formula is C27H33N3O3. The zero-order valence-corrected chi connectivity index (χ0v) is 19.6. The highest BCUT2D eigenvalue weighted by Crippen LogP contribution is 2.24. The van der Waals surface area contributed by atoms with Crippen molar-refractivity contribution >= 4 is 5.91 Å². The Hall–Kier alpha value is -3.15. The predicted octanol–water partition coefficient (Wildman–Crippen LogP) is 5.25. The van der Waals surface area contributed by atoms with Crippen LogP contribution in [0.1, 0.15) is 49.6 Å². The smallest absolute Gasteiger partial charge is 0.247 e. The number of likely N-dealkylation sites (tertiary alicyclic amines) is 1. The monoisotopic (exact) mass is 447 g/mol. The molecule has 6 heteroatoms. The van der Waals surface area contributed by atoms with E-state index in [2.05, 4.69) is 22.3 Å². The number of aromatic nitrogens is 2. The molecule has 4 rings (SSSR count). The average Bonchev–Trinajstić information content (AvgIpc) is 3.32. The number of nitrogens with zero attached hydrogens (tertiary/aromatic N) is 3. The second-order valence-electron chi connectivity index (χ2n) is 8.81. The summed E-state index contributed by atoms with van der Waals surface area (Å²) in [6.07, 6.45) is 5.27. The zero-order valence-electron chi connectivity index (χ0n) is 19.6. The molecule has 6 nitrogen and oxygen atoms in total. The third-order valence-corrected chi connectivity index (χ3v) is 6.36. The molecular weight excluding hydrogens is 414 g/mol. The first kappa shape index (κ1) is 23.0. The van der Waals surface area contributed by atoms with Crippen molar-refractivity contribution in [3.63, 3.8) is 0 Å². The van der Waals surface area contributed by atoms with Gasteiger partial charge in [0.2, 0.25) is 17.7 Å². The molecule has 33 heavy (non-hydrogen) atoms. The van der Waals surface area contributed by atoms with Gasteiger partial charge in [-0.1, -0.05) is 29.8 Å². The Balaban J connectivity index is 1.18. The SMILES string of the molecule is CCOc1ccc(CCC2CCN(C(=O)CCc3nnc(-c4ccc(C)cc4)o3)CC2)cc1. The van der Waals surface area contributed by atoms with Crippen LogP contribution in [-0.2, 0) is 17.6 Å². The fraction of sp³-hybridized carbons (Fsp3) is 0.444. The standard InChI is InChI=1S/C27H33N3O3/c1-3-32-24-12-8-21(9-13-24)6-7-22-16-18-30(19-17-22)26(31)15-14-25-28-29-27(33-25)23-10-4-20(2)5-11-23/h4-5,8-13,22H,3,6-7,14-19H2,1-2H3. The van der Waals surface area contributed by atoms with Gasteiger partial charge in [-0.25, -0.2) is 0 Å². The van der Waals surface area contributed by atoms with E-state index in [1.54, 1.807) is 0 Å². The molecule has 2 aromatic carbocycles. The van der Waals surface area contributed by atoms with Crippen LogP contribution in [0.3, 0.4) is 0 Å². The Labute approximate surface area is 196 Å². The summed E-state index contributed by atoms with van der Waals surface area (Å²) in [5.74, 6) is 2.80. The van der Waals surface area contributed by atoms with Crippen LogP contribution in [0.4, 0.5) is 0 Å². The van der Waals surface area contributed by atoms with E-state index in [9.17, 15) is 4.79 Å². The maximum Gasteiger partial charge on any atom is 0.247 e. The summed E-state index contributed by atoms with van der Waals surface area (Å²) in [6, 6.07) is 16.4. The van der Waals surface area contributed by atoms with E-state index in [1.807, 2.05) is 55.1 Å². The molecule has 0 unspecified atom stereocenters. The van der Waals surface area contributed by atoms with E-state index >= 15 is 0 Å². The number of ether oxygens (including phenoxy) is 1. The van der Waals surface area contributed by atoms with E-state index < -0.39 is 0 Å². The van der Waals surface area contributed by atoms with Gasteiger partial charge in [-0.05, 0) is 75.3 Å². The summed E-state index contributed by atoms with van der Waals surface area (Å²) in [6.45, 7) is 6.41. The van der Waals surface area contributed by atoms with Crippen LogP contribution in [0.2, 0.25) is 0 Å². The largest absolute Gasteiger partial charge is 0.494 e. The van der Waals surface area contributed by atoms with Gasteiger partial charge >= 0.3 is 0 Å². The van der Waals surface area contributed by atoms with Crippen LogP contribution in [0.15, 0.2) is 52.9 Å². The highest BCUT2D eigenvalue weighted by molar-refractivity contribution is 5.76. The highest BCUT2D eigenvalue weighted by atomic mass is 16.5. The summed E-state index contributed by atoms with van der Waals surface area (Å²) >= 11 is 0. The number of amides is 1. The summed E-state index contributed by atoms with van der Waals surface area (Å²) in [4.78, 5) is 14.7. The molecule has 0 bridgehead atoms. The van der Waals surface area contributed by atoms with E-state index in [0.717, 1.165) is 43.7 Å². The van der Waals surface area contributed by atoms with Gasteiger partial charge in [0, 0.05) is 31.5 Å². The molecule has 0 atom stereocenters. The molecule has 174 valence electrons. The number of benzene rings is 2. The lowest BCUT2D eigenvalue weighted by Gasteiger charge is -2.32. The number of rotatable bonds is 9. The molecule has 0 saturated carbocycles. The van der Waals surface area contributed by atoms with Gasteiger partial charge in [0.25, 0.3) is 0 Å². The van der Waals surface area contributed by atoms with E-state index in [1.165, 1.54) is 17.5 Å². The molecule has 1 aromatic heterocycles. The van der Waals surface area contributed by atoms with Crippen molar-refractivity contribution in [3.05, 3.63) is 65.5 Å². The van der Waals surface area contributed by atoms with Crippen molar-refractivity contribution in [1.29, 1.82) is 0 Å². The number of carbonyl (C=O) groups excluding carboxylic acids is 1. The maximum absolute atomic E-state index is 12.7. The predicted molar refractivity (Wildman–Crippen MR) is 128 cm³/mol. The molecule has 0 radical (unpaired) electrons. The van der Waals surface area contributed by atoms with Gasteiger partial charge in [0.1, 0.15) is 5.75 Å². The molecule has 2 heterocycles. The first-order chi connectivity index (χ1) is 16.1. The van der Waals surface area contributed by atoms with E-state index in [-0.39, 0.29) is 5.91 Å². The van der Waals surface area contributed by atoms with Crippen LogP contribution in [-0.4, -0.2) is 40.7 Å². The lowest BCUT2D eigenvalue weighted by Crippen LogP contribution is -2.38. The normalized spacial score (nSPS) is 14.4. The lowest BCUT2D eigenvalue weighted by molar-refractivity contribution is -0.132. The van der Waals surface area contributed by atoms with Gasteiger partial charge in [0.15, 0.2) is 0 Å². The first-order valence-electron chi connectivity index (χ1n) is 12.0. The van der Waals surface area contributed by atoms with Crippen molar-refractivity contribution in [2.24, 2.45) is 5.92 Å². The number of aryl methyl sites for hydroxylation is 3. The number of carbonyl (C=O) groups is 1. The summed E-state index contributed by atoms with van der Waals surface area (Å²) < 4.78 is 11.3.